The summed E-state index contributed by atoms with van der Waals surface area (Å²) in [5, 5.41) is 2.81. The highest BCUT2D eigenvalue weighted by Crippen LogP contribution is 2.26. The monoisotopic (exact) mass is 418 g/mol. The van der Waals surface area contributed by atoms with Crippen molar-refractivity contribution in [3.8, 4) is 5.75 Å². The van der Waals surface area contributed by atoms with Gasteiger partial charge in [0.1, 0.15) is 5.75 Å². The Morgan fingerprint density at radius 2 is 1.76 bits per heavy atom. The zero-order valence-electron chi connectivity index (χ0n) is 16.8. The van der Waals surface area contributed by atoms with Crippen LogP contribution in [0.3, 0.4) is 0 Å². The molecule has 8 heteroatoms. The summed E-state index contributed by atoms with van der Waals surface area (Å²) in [4.78, 5) is 12.9. The zero-order valence-corrected chi connectivity index (χ0v) is 17.7. The highest BCUT2D eigenvalue weighted by molar-refractivity contribution is 7.89. The number of anilines is 1. The number of benzene rings is 2. The first kappa shape index (κ1) is 21.3. The number of amides is 1. The van der Waals surface area contributed by atoms with E-state index in [0.29, 0.717) is 30.6 Å². The number of carbonyl (C=O) groups excluding carboxylic acids is 1. The van der Waals surface area contributed by atoms with Crippen LogP contribution in [0.5, 0.6) is 5.75 Å². The van der Waals surface area contributed by atoms with E-state index in [0.717, 1.165) is 0 Å². The van der Waals surface area contributed by atoms with Crippen molar-refractivity contribution in [2.24, 2.45) is 0 Å². The molecule has 156 valence electrons. The summed E-state index contributed by atoms with van der Waals surface area (Å²) >= 11 is 0. The summed E-state index contributed by atoms with van der Waals surface area (Å²) < 4.78 is 37.7. The van der Waals surface area contributed by atoms with Gasteiger partial charge in [0.05, 0.1) is 30.8 Å². The lowest BCUT2D eigenvalue weighted by atomic mass is 10.0. The number of carbonyl (C=O) groups is 1. The van der Waals surface area contributed by atoms with E-state index in [4.69, 9.17) is 9.47 Å². The molecule has 0 aliphatic carbocycles. The fourth-order valence-corrected chi connectivity index (χ4v) is 4.55. The third kappa shape index (κ3) is 4.77. The Balaban J connectivity index is 1.87. The lowest BCUT2D eigenvalue weighted by molar-refractivity contribution is 0.0730. The van der Waals surface area contributed by atoms with E-state index in [2.05, 4.69) is 19.2 Å². The maximum absolute atomic E-state index is 12.9. The molecule has 0 radical (unpaired) electrons. The van der Waals surface area contributed by atoms with Gasteiger partial charge in [0, 0.05) is 18.8 Å². The van der Waals surface area contributed by atoms with Gasteiger partial charge in [0.2, 0.25) is 10.0 Å². The van der Waals surface area contributed by atoms with E-state index >= 15 is 0 Å². The predicted octanol–water partition coefficient (Wildman–Crippen LogP) is 3.09. The largest absolute Gasteiger partial charge is 0.496 e. The Kier molecular flexibility index (Phi) is 6.56. The zero-order chi connectivity index (χ0) is 21.0. The average molecular weight is 419 g/mol. The van der Waals surface area contributed by atoms with E-state index in [9.17, 15) is 13.2 Å². The van der Waals surface area contributed by atoms with Crippen LogP contribution in [-0.2, 0) is 14.8 Å². The molecule has 1 heterocycles. The maximum atomic E-state index is 12.9. The van der Waals surface area contributed by atoms with Crippen molar-refractivity contribution in [1.29, 1.82) is 0 Å². The Hall–Kier alpha value is -2.42. The highest BCUT2D eigenvalue weighted by atomic mass is 32.2. The molecule has 0 atom stereocenters. The molecule has 1 aliphatic heterocycles. The summed E-state index contributed by atoms with van der Waals surface area (Å²) in [5.41, 5.74) is 1.96. The molecule has 2 aromatic carbocycles. The Morgan fingerprint density at radius 3 is 2.34 bits per heavy atom. The molecule has 1 N–H and O–H groups in total. The lowest BCUT2D eigenvalue weighted by Crippen LogP contribution is -2.40. The predicted molar refractivity (Wildman–Crippen MR) is 111 cm³/mol. The van der Waals surface area contributed by atoms with Gasteiger partial charge in [-0.05, 0) is 41.8 Å². The third-order valence-corrected chi connectivity index (χ3v) is 6.75. The van der Waals surface area contributed by atoms with Crippen LogP contribution < -0.4 is 10.1 Å². The Bertz CT molecular complexity index is 965. The molecule has 0 saturated carbocycles. The van der Waals surface area contributed by atoms with Crippen LogP contribution in [0.4, 0.5) is 5.69 Å². The second-order valence-corrected chi connectivity index (χ2v) is 9.05. The van der Waals surface area contributed by atoms with Gasteiger partial charge < -0.3 is 14.8 Å². The summed E-state index contributed by atoms with van der Waals surface area (Å²) in [5.74, 6) is 0.266. The van der Waals surface area contributed by atoms with Crippen molar-refractivity contribution >= 4 is 21.6 Å². The summed E-state index contributed by atoms with van der Waals surface area (Å²) in [6.45, 7) is 5.48. The number of morpholine rings is 1. The number of nitrogens with zero attached hydrogens (tertiary/aromatic N) is 1. The Labute approximate surface area is 171 Å². The van der Waals surface area contributed by atoms with Gasteiger partial charge in [0.15, 0.2) is 0 Å². The number of ether oxygens (including phenoxy) is 2. The van der Waals surface area contributed by atoms with Gasteiger partial charge >= 0.3 is 0 Å². The number of nitrogens with one attached hydrogen (secondary N) is 1. The fourth-order valence-electron chi connectivity index (χ4n) is 3.11. The van der Waals surface area contributed by atoms with Crippen molar-refractivity contribution in [1.82, 2.24) is 4.31 Å². The second kappa shape index (κ2) is 8.94. The minimum absolute atomic E-state index is 0.0560. The molecule has 0 spiro atoms. The van der Waals surface area contributed by atoms with Crippen molar-refractivity contribution < 1.29 is 22.7 Å². The van der Waals surface area contributed by atoms with Crippen LogP contribution in [-0.4, -0.2) is 52.0 Å². The van der Waals surface area contributed by atoms with E-state index in [1.54, 1.807) is 0 Å². The molecule has 7 nitrogen and oxygen atoms in total. The number of hydrogen-bond acceptors (Lipinski definition) is 5. The number of methoxy groups -OCH3 is 1. The first-order chi connectivity index (χ1) is 13.8. The van der Waals surface area contributed by atoms with Crippen molar-refractivity contribution in [2.45, 2.75) is 24.7 Å². The van der Waals surface area contributed by atoms with Gasteiger partial charge in [-0.25, -0.2) is 8.42 Å². The van der Waals surface area contributed by atoms with Crippen LogP contribution in [0.2, 0.25) is 0 Å². The molecule has 0 bridgehead atoms. The first-order valence-corrected chi connectivity index (χ1v) is 10.9. The molecule has 3 rings (SSSR count). The number of hydrogen-bond donors (Lipinski definition) is 1. The maximum Gasteiger partial charge on any atom is 0.259 e. The normalized spacial score (nSPS) is 15.3. The fraction of sp³-hybridized carbons (Fsp3) is 0.381. The SMILES string of the molecule is COc1ccc(S(=O)(=O)N2CCOCC2)cc1C(=O)Nc1ccc(C(C)C)cc1. The van der Waals surface area contributed by atoms with Crippen molar-refractivity contribution in [2.75, 3.05) is 38.7 Å². The topological polar surface area (TPSA) is 84.9 Å². The molecule has 1 fully saturated rings. The van der Waals surface area contributed by atoms with Crippen LogP contribution >= 0.6 is 0 Å². The molecule has 1 amide bonds. The summed E-state index contributed by atoms with van der Waals surface area (Å²) in [6.07, 6.45) is 0. The molecule has 29 heavy (non-hydrogen) atoms. The van der Waals surface area contributed by atoms with E-state index < -0.39 is 15.9 Å². The lowest BCUT2D eigenvalue weighted by Gasteiger charge is -2.26. The second-order valence-electron chi connectivity index (χ2n) is 7.11. The van der Waals surface area contributed by atoms with Gasteiger partial charge in [-0.1, -0.05) is 26.0 Å². The van der Waals surface area contributed by atoms with Crippen LogP contribution in [0.1, 0.15) is 35.7 Å². The minimum atomic E-state index is -3.71. The van der Waals surface area contributed by atoms with Crippen molar-refractivity contribution in [3.63, 3.8) is 0 Å². The van der Waals surface area contributed by atoms with Gasteiger partial charge in [-0.15, -0.1) is 0 Å². The van der Waals surface area contributed by atoms with E-state index in [1.807, 2.05) is 24.3 Å². The minimum Gasteiger partial charge on any atom is -0.496 e. The molecule has 0 aromatic heterocycles. The number of rotatable bonds is 6. The van der Waals surface area contributed by atoms with E-state index in [1.165, 1.54) is 35.2 Å². The summed E-state index contributed by atoms with van der Waals surface area (Å²) in [7, 11) is -2.27. The third-order valence-electron chi connectivity index (χ3n) is 4.86. The van der Waals surface area contributed by atoms with E-state index in [-0.39, 0.29) is 23.5 Å². The van der Waals surface area contributed by atoms with Crippen molar-refractivity contribution in [3.05, 3.63) is 53.6 Å². The van der Waals surface area contributed by atoms with Gasteiger partial charge in [-0.2, -0.15) is 4.31 Å². The first-order valence-electron chi connectivity index (χ1n) is 9.50. The smallest absolute Gasteiger partial charge is 0.259 e. The molecule has 1 saturated heterocycles. The molecule has 0 unspecified atom stereocenters. The standard InChI is InChI=1S/C21H26N2O5S/c1-15(2)16-4-6-17(7-5-16)22-21(24)19-14-18(8-9-20(19)27-3)29(25,26)23-10-12-28-13-11-23/h4-9,14-15H,10-13H2,1-3H3,(H,22,24). The highest BCUT2D eigenvalue weighted by Gasteiger charge is 2.28. The number of sulfonamides is 1. The molecular weight excluding hydrogens is 392 g/mol. The van der Waals surface area contributed by atoms with Crippen LogP contribution in [0, 0.1) is 0 Å². The summed E-state index contributed by atoms with van der Waals surface area (Å²) in [6, 6.07) is 11.9. The Morgan fingerprint density at radius 1 is 1.10 bits per heavy atom. The average Bonchev–Trinajstić information content (AvgIpc) is 2.74. The molecular formula is C21H26N2O5S. The van der Waals surface area contributed by atoms with Crippen LogP contribution in [0.25, 0.3) is 0 Å². The van der Waals surface area contributed by atoms with Crippen LogP contribution in [0.15, 0.2) is 47.4 Å². The quantitative estimate of drug-likeness (QED) is 0.779. The molecule has 2 aromatic rings. The molecule has 1 aliphatic rings. The van der Waals surface area contributed by atoms with Gasteiger partial charge in [-0.3, -0.25) is 4.79 Å². The van der Waals surface area contributed by atoms with Gasteiger partial charge in [0.25, 0.3) is 5.91 Å².